The van der Waals surface area contributed by atoms with Gasteiger partial charge in [0.1, 0.15) is 17.6 Å². The third-order valence-electron chi connectivity index (χ3n) is 2.91. The Morgan fingerprint density at radius 3 is 2.53 bits per heavy atom. The van der Waals surface area contributed by atoms with Crippen molar-refractivity contribution in [3.8, 4) is 5.75 Å². The number of nitrogens with one attached hydrogen (secondary N) is 1. The molecule has 1 aromatic carbocycles. The molecule has 0 spiro atoms. The van der Waals surface area contributed by atoms with E-state index in [2.05, 4.69) is 5.32 Å². The van der Waals surface area contributed by atoms with Crippen LogP contribution >= 0.6 is 0 Å². The number of benzene rings is 1. The molecule has 2 unspecified atom stereocenters. The van der Waals surface area contributed by atoms with Crippen molar-refractivity contribution in [1.29, 1.82) is 0 Å². The van der Waals surface area contributed by atoms with Crippen LogP contribution in [-0.4, -0.2) is 22.2 Å². The van der Waals surface area contributed by atoms with E-state index >= 15 is 0 Å². The molecule has 0 heterocycles. The average Bonchev–Trinajstić information content (AvgIpc) is 2.30. The summed E-state index contributed by atoms with van der Waals surface area (Å²) < 4.78 is 13.2. The summed E-state index contributed by atoms with van der Waals surface area (Å²) in [6.45, 7) is 5.56. The largest absolute Gasteiger partial charge is 0.508 e. The highest BCUT2D eigenvalue weighted by molar-refractivity contribution is 5.73. The summed E-state index contributed by atoms with van der Waals surface area (Å²) in [5.74, 6) is -1.23. The van der Waals surface area contributed by atoms with Crippen molar-refractivity contribution in [2.45, 2.75) is 39.3 Å². The normalized spacial score (nSPS) is 14.4. The summed E-state index contributed by atoms with van der Waals surface area (Å²) in [4.78, 5) is 11.2. The topological polar surface area (TPSA) is 69.6 Å². The maximum atomic E-state index is 13.2. The number of hydrogen-bond acceptors (Lipinski definition) is 3. The molecule has 3 N–H and O–H groups in total. The minimum absolute atomic E-state index is 0.0462. The van der Waals surface area contributed by atoms with Crippen LogP contribution in [0.15, 0.2) is 18.2 Å². The van der Waals surface area contributed by atoms with Crippen molar-refractivity contribution in [3.05, 3.63) is 29.6 Å². The van der Waals surface area contributed by atoms with Crippen LogP contribution in [0.5, 0.6) is 5.75 Å². The van der Waals surface area contributed by atoms with E-state index in [0.717, 1.165) is 6.07 Å². The molecule has 0 radical (unpaired) electrons. The number of aliphatic carboxylic acids is 1. The van der Waals surface area contributed by atoms with Crippen molar-refractivity contribution in [2.24, 2.45) is 5.92 Å². The van der Waals surface area contributed by atoms with Crippen LogP contribution in [0.4, 0.5) is 4.39 Å². The van der Waals surface area contributed by atoms with Crippen LogP contribution in [0.2, 0.25) is 0 Å². The molecule has 0 aliphatic rings. The Morgan fingerprint density at radius 2 is 2.00 bits per heavy atom. The van der Waals surface area contributed by atoms with E-state index in [4.69, 9.17) is 5.11 Å². The molecule has 0 aliphatic heterocycles. The fraction of sp³-hybridized carbons (Fsp3) is 0.500. The number of halogens is 1. The molecule has 2 atom stereocenters. The summed E-state index contributed by atoms with van der Waals surface area (Å²) >= 11 is 0. The lowest BCUT2D eigenvalue weighted by Crippen LogP contribution is -2.39. The minimum Gasteiger partial charge on any atom is -0.508 e. The van der Waals surface area contributed by atoms with Gasteiger partial charge in [-0.05, 0) is 37.5 Å². The van der Waals surface area contributed by atoms with Crippen LogP contribution < -0.4 is 5.32 Å². The Kier molecular flexibility index (Phi) is 5.30. The zero-order chi connectivity index (χ0) is 14.6. The molecule has 0 aromatic heterocycles. The molecule has 0 bridgehead atoms. The van der Waals surface area contributed by atoms with E-state index in [0.29, 0.717) is 12.0 Å². The van der Waals surface area contributed by atoms with E-state index < -0.39 is 23.9 Å². The number of carboxylic acid groups (broad SMARTS) is 1. The first-order valence-electron chi connectivity index (χ1n) is 6.28. The van der Waals surface area contributed by atoms with Crippen molar-refractivity contribution in [3.63, 3.8) is 0 Å². The number of aromatic hydroxyl groups is 1. The third kappa shape index (κ3) is 4.52. The fourth-order valence-corrected chi connectivity index (χ4v) is 1.98. The molecule has 0 aliphatic carbocycles. The zero-order valence-corrected chi connectivity index (χ0v) is 11.4. The Morgan fingerprint density at radius 1 is 1.37 bits per heavy atom. The van der Waals surface area contributed by atoms with E-state index in [9.17, 15) is 14.3 Å². The highest BCUT2D eigenvalue weighted by atomic mass is 19.1. The van der Waals surface area contributed by atoms with E-state index in [1.807, 2.05) is 13.8 Å². The van der Waals surface area contributed by atoms with Gasteiger partial charge in [-0.1, -0.05) is 13.8 Å². The van der Waals surface area contributed by atoms with Crippen molar-refractivity contribution >= 4 is 5.97 Å². The second-order valence-electron chi connectivity index (χ2n) is 5.11. The monoisotopic (exact) mass is 269 g/mol. The number of phenols is 1. The van der Waals surface area contributed by atoms with Crippen molar-refractivity contribution in [1.82, 2.24) is 5.32 Å². The molecule has 0 amide bonds. The van der Waals surface area contributed by atoms with E-state index in [1.54, 1.807) is 6.92 Å². The van der Waals surface area contributed by atoms with Gasteiger partial charge in [0.2, 0.25) is 0 Å². The first-order valence-corrected chi connectivity index (χ1v) is 6.28. The molecule has 0 saturated carbocycles. The van der Waals surface area contributed by atoms with Crippen LogP contribution in [0, 0.1) is 11.7 Å². The minimum atomic E-state index is -0.948. The van der Waals surface area contributed by atoms with Gasteiger partial charge in [-0.2, -0.15) is 0 Å². The van der Waals surface area contributed by atoms with Gasteiger partial charge >= 0.3 is 5.97 Å². The van der Waals surface area contributed by atoms with Crippen molar-refractivity contribution < 1.29 is 19.4 Å². The van der Waals surface area contributed by atoms with Crippen LogP contribution in [0.3, 0.4) is 0 Å². The molecule has 1 rings (SSSR count). The Hall–Kier alpha value is -1.62. The molecule has 5 heteroatoms. The Balaban J connectivity index is 2.84. The van der Waals surface area contributed by atoms with Gasteiger partial charge in [0.25, 0.3) is 0 Å². The lowest BCUT2D eigenvalue weighted by Gasteiger charge is -2.22. The van der Waals surface area contributed by atoms with Crippen LogP contribution in [-0.2, 0) is 4.79 Å². The Labute approximate surface area is 112 Å². The fourth-order valence-electron chi connectivity index (χ4n) is 1.98. The van der Waals surface area contributed by atoms with Crippen molar-refractivity contribution in [2.75, 3.05) is 0 Å². The molecule has 106 valence electrons. The number of rotatable bonds is 6. The smallest absolute Gasteiger partial charge is 0.320 e. The molecule has 0 saturated heterocycles. The SMILES string of the molecule is CC(C)CC(NC(C)c1cc(F)ccc1O)C(=O)O. The van der Waals surface area contributed by atoms with Gasteiger partial charge in [0, 0.05) is 11.6 Å². The second kappa shape index (κ2) is 6.52. The predicted octanol–water partition coefficient (Wildman–Crippen LogP) is 2.68. The first kappa shape index (κ1) is 15.4. The molecule has 1 aromatic rings. The number of phenolic OH excluding ortho intramolecular Hbond substituents is 1. The lowest BCUT2D eigenvalue weighted by atomic mass is 10.0. The van der Waals surface area contributed by atoms with Gasteiger partial charge in [-0.25, -0.2) is 4.39 Å². The maximum Gasteiger partial charge on any atom is 0.320 e. The second-order valence-corrected chi connectivity index (χ2v) is 5.11. The summed E-state index contributed by atoms with van der Waals surface area (Å²) in [5, 5.41) is 21.7. The summed E-state index contributed by atoms with van der Waals surface area (Å²) in [7, 11) is 0. The van der Waals surface area contributed by atoms with Gasteiger partial charge in [-0.15, -0.1) is 0 Å². The standard InChI is InChI=1S/C14H20FNO3/c1-8(2)6-12(14(18)19)16-9(3)11-7-10(15)4-5-13(11)17/h4-5,7-9,12,16-17H,6H2,1-3H3,(H,18,19). The highest BCUT2D eigenvalue weighted by Crippen LogP contribution is 2.25. The van der Waals surface area contributed by atoms with Crippen LogP contribution in [0.25, 0.3) is 0 Å². The Bertz CT molecular complexity index is 448. The average molecular weight is 269 g/mol. The molecule has 19 heavy (non-hydrogen) atoms. The number of carboxylic acids is 1. The highest BCUT2D eigenvalue weighted by Gasteiger charge is 2.22. The zero-order valence-electron chi connectivity index (χ0n) is 11.4. The van der Waals surface area contributed by atoms with Gasteiger partial charge in [0.15, 0.2) is 0 Å². The first-order chi connectivity index (χ1) is 8.81. The predicted molar refractivity (Wildman–Crippen MR) is 70.5 cm³/mol. The van der Waals surface area contributed by atoms with Gasteiger partial charge in [-0.3, -0.25) is 10.1 Å². The molecular formula is C14H20FNO3. The number of carbonyl (C=O) groups is 1. The summed E-state index contributed by atoms with van der Waals surface area (Å²) in [6, 6.07) is 2.46. The maximum absolute atomic E-state index is 13.2. The quantitative estimate of drug-likeness (QED) is 0.742. The van der Waals surface area contributed by atoms with E-state index in [1.165, 1.54) is 12.1 Å². The van der Waals surface area contributed by atoms with Gasteiger partial charge < -0.3 is 10.2 Å². The summed E-state index contributed by atoms with van der Waals surface area (Å²) in [5.41, 5.74) is 0.356. The van der Waals surface area contributed by atoms with E-state index in [-0.39, 0.29) is 11.7 Å². The van der Waals surface area contributed by atoms with Gasteiger partial charge in [0.05, 0.1) is 0 Å². The number of hydrogen-bond donors (Lipinski definition) is 3. The summed E-state index contributed by atoms with van der Waals surface area (Å²) in [6.07, 6.45) is 0.468. The molecule has 4 nitrogen and oxygen atoms in total. The third-order valence-corrected chi connectivity index (χ3v) is 2.91. The van der Waals surface area contributed by atoms with Crippen LogP contribution in [0.1, 0.15) is 38.8 Å². The lowest BCUT2D eigenvalue weighted by molar-refractivity contribution is -0.140. The molecule has 0 fully saturated rings. The molecular weight excluding hydrogens is 249 g/mol.